The number of alkyl halides is 3. The van der Waals surface area contributed by atoms with Crippen molar-refractivity contribution < 1.29 is 22.4 Å². The molecule has 2 aromatic rings. The molecule has 6 heteroatoms. The van der Waals surface area contributed by atoms with Crippen LogP contribution in [0.25, 0.3) is 0 Å². The topological polar surface area (TPSA) is 20.3 Å². The summed E-state index contributed by atoms with van der Waals surface area (Å²) >= 11 is 0. The van der Waals surface area contributed by atoms with Gasteiger partial charge < -0.3 is 0 Å². The summed E-state index contributed by atoms with van der Waals surface area (Å²) in [6.07, 6.45) is -0.910. The lowest BCUT2D eigenvalue weighted by atomic mass is 9.75. The Labute approximate surface area is 167 Å². The maximum atomic E-state index is 13.9. The molecule has 2 aliphatic rings. The molecular formula is C23H23F4NO. The second-order valence-corrected chi connectivity index (χ2v) is 8.09. The molecule has 0 spiro atoms. The number of halogens is 4. The highest BCUT2D eigenvalue weighted by Gasteiger charge is 2.44. The molecule has 2 heterocycles. The minimum absolute atomic E-state index is 0.166. The van der Waals surface area contributed by atoms with E-state index in [0.717, 1.165) is 37.9 Å². The summed E-state index contributed by atoms with van der Waals surface area (Å²) in [6, 6.07) is 13.5. The van der Waals surface area contributed by atoms with Crippen LogP contribution in [0.1, 0.15) is 53.6 Å². The van der Waals surface area contributed by atoms with E-state index in [9.17, 15) is 22.4 Å². The van der Waals surface area contributed by atoms with Crippen molar-refractivity contribution in [1.82, 2.24) is 4.90 Å². The Morgan fingerprint density at radius 1 is 0.966 bits per heavy atom. The molecule has 2 fully saturated rings. The van der Waals surface area contributed by atoms with E-state index in [1.54, 1.807) is 0 Å². The number of ketones is 1. The van der Waals surface area contributed by atoms with Gasteiger partial charge in [-0.3, -0.25) is 9.69 Å². The molecule has 2 aliphatic heterocycles. The van der Waals surface area contributed by atoms with Crippen molar-refractivity contribution in [1.29, 1.82) is 0 Å². The van der Waals surface area contributed by atoms with E-state index >= 15 is 0 Å². The molecule has 2 unspecified atom stereocenters. The second kappa shape index (κ2) is 7.90. The Morgan fingerprint density at radius 3 is 2.24 bits per heavy atom. The zero-order chi connectivity index (χ0) is 20.6. The monoisotopic (exact) mass is 405 g/mol. The standard InChI is InChI=1S/C23H23F4NO/c24-20-11-5-10-19(21(20)23(25,26)27)22(29)16-12-17-8-4-9-18(13-16)28(17)14-15-6-2-1-3-7-15/h1-3,5-7,10-11,16-18H,4,8-9,12-14H2. The molecular weight excluding hydrogens is 382 g/mol. The summed E-state index contributed by atoms with van der Waals surface area (Å²) in [5.41, 5.74) is -0.766. The lowest BCUT2D eigenvalue weighted by Gasteiger charge is -2.48. The van der Waals surface area contributed by atoms with Crippen LogP contribution in [0, 0.1) is 11.7 Å². The van der Waals surface area contributed by atoms with Gasteiger partial charge >= 0.3 is 6.18 Å². The number of piperidine rings is 2. The second-order valence-electron chi connectivity index (χ2n) is 8.09. The van der Waals surface area contributed by atoms with Crippen molar-refractivity contribution in [3.05, 3.63) is 71.0 Å². The Bertz CT molecular complexity index is 866. The van der Waals surface area contributed by atoms with Gasteiger partial charge in [-0.15, -0.1) is 0 Å². The number of hydrogen-bond donors (Lipinski definition) is 0. The maximum absolute atomic E-state index is 13.9. The van der Waals surface area contributed by atoms with Gasteiger partial charge in [0.15, 0.2) is 5.78 Å². The summed E-state index contributed by atoms with van der Waals surface area (Å²) in [4.78, 5) is 15.4. The van der Waals surface area contributed by atoms with Crippen LogP contribution in [0.5, 0.6) is 0 Å². The lowest BCUT2D eigenvalue weighted by molar-refractivity contribution is -0.140. The lowest BCUT2D eigenvalue weighted by Crippen LogP contribution is -2.52. The van der Waals surface area contributed by atoms with Crippen molar-refractivity contribution in [3.63, 3.8) is 0 Å². The molecule has 0 radical (unpaired) electrons. The summed E-state index contributed by atoms with van der Waals surface area (Å²) in [5, 5.41) is 0. The van der Waals surface area contributed by atoms with E-state index in [-0.39, 0.29) is 12.1 Å². The summed E-state index contributed by atoms with van der Waals surface area (Å²) in [5.74, 6) is -2.46. The molecule has 154 valence electrons. The highest BCUT2D eigenvalue weighted by Crippen LogP contribution is 2.41. The van der Waals surface area contributed by atoms with Crippen molar-refractivity contribution in [3.8, 4) is 0 Å². The summed E-state index contributed by atoms with van der Waals surface area (Å²) in [6.45, 7) is 0.783. The Hall–Kier alpha value is -2.21. The number of rotatable bonds is 4. The van der Waals surface area contributed by atoms with Crippen molar-refractivity contribution in [2.75, 3.05) is 0 Å². The highest BCUT2D eigenvalue weighted by atomic mass is 19.4. The Kier molecular flexibility index (Phi) is 5.47. The number of fused-ring (bicyclic) bond motifs is 2. The van der Waals surface area contributed by atoms with Crippen LogP contribution in [0.15, 0.2) is 48.5 Å². The molecule has 4 rings (SSSR count). The molecule has 0 aliphatic carbocycles. The molecule has 0 saturated carbocycles. The molecule has 2 bridgehead atoms. The molecule has 0 aromatic heterocycles. The van der Waals surface area contributed by atoms with Crippen molar-refractivity contribution in [2.45, 2.75) is 56.9 Å². The summed E-state index contributed by atoms with van der Waals surface area (Å²) < 4.78 is 54.0. The average molecular weight is 405 g/mol. The number of carbonyl (C=O) groups is 1. The van der Waals surface area contributed by atoms with Crippen LogP contribution in [-0.4, -0.2) is 22.8 Å². The Morgan fingerprint density at radius 2 is 1.62 bits per heavy atom. The average Bonchev–Trinajstić information content (AvgIpc) is 2.67. The number of carbonyl (C=O) groups excluding carboxylic acids is 1. The van der Waals surface area contributed by atoms with Crippen LogP contribution in [-0.2, 0) is 12.7 Å². The minimum atomic E-state index is -4.89. The predicted octanol–water partition coefficient (Wildman–Crippen LogP) is 5.86. The van der Waals surface area contributed by atoms with Crippen molar-refractivity contribution in [2.24, 2.45) is 5.92 Å². The molecule has 2 aromatic carbocycles. The van der Waals surface area contributed by atoms with E-state index in [4.69, 9.17) is 0 Å². The van der Waals surface area contributed by atoms with Gasteiger partial charge in [-0.1, -0.05) is 48.9 Å². The van der Waals surface area contributed by atoms with Crippen LogP contribution in [0.2, 0.25) is 0 Å². The normalized spacial score (nSPS) is 25.0. The fourth-order valence-electron chi connectivity index (χ4n) is 4.98. The van der Waals surface area contributed by atoms with Gasteiger partial charge in [0, 0.05) is 30.1 Å². The van der Waals surface area contributed by atoms with Gasteiger partial charge in [0.05, 0.1) is 0 Å². The van der Waals surface area contributed by atoms with E-state index in [0.29, 0.717) is 12.8 Å². The van der Waals surface area contributed by atoms with Gasteiger partial charge in [-0.2, -0.15) is 13.2 Å². The largest absolute Gasteiger partial charge is 0.419 e. The van der Waals surface area contributed by atoms with Crippen molar-refractivity contribution >= 4 is 5.78 Å². The minimum Gasteiger partial charge on any atom is -0.294 e. The maximum Gasteiger partial charge on any atom is 0.419 e. The van der Waals surface area contributed by atoms with Crippen LogP contribution >= 0.6 is 0 Å². The quantitative estimate of drug-likeness (QED) is 0.469. The first-order valence-electron chi connectivity index (χ1n) is 10.0. The first-order chi connectivity index (χ1) is 13.8. The van der Waals surface area contributed by atoms with Crippen LogP contribution in [0.3, 0.4) is 0 Å². The zero-order valence-electron chi connectivity index (χ0n) is 16.0. The van der Waals surface area contributed by atoms with E-state index in [1.807, 2.05) is 18.2 Å². The third-order valence-corrected chi connectivity index (χ3v) is 6.27. The predicted molar refractivity (Wildman–Crippen MR) is 102 cm³/mol. The molecule has 2 atom stereocenters. The number of Topliss-reactive ketones (excluding diaryl/α,β-unsaturated/α-hetero) is 1. The number of hydrogen-bond acceptors (Lipinski definition) is 2. The van der Waals surface area contributed by atoms with E-state index in [2.05, 4.69) is 17.0 Å². The first-order valence-corrected chi connectivity index (χ1v) is 10.0. The SMILES string of the molecule is O=C(c1cccc(F)c1C(F)(F)F)C1CC2CCCC(C1)N2Cc1ccccc1. The fourth-order valence-corrected chi connectivity index (χ4v) is 4.98. The third kappa shape index (κ3) is 4.08. The van der Waals surface area contributed by atoms with E-state index < -0.39 is 34.8 Å². The van der Waals surface area contributed by atoms with E-state index in [1.165, 1.54) is 11.6 Å². The number of benzene rings is 2. The number of nitrogens with zero attached hydrogens (tertiary/aromatic N) is 1. The van der Waals surface area contributed by atoms with Gasteiger partial charge in [0.25, 0.3) is 0 Å². The fraction of sp³-hybridized carbons (Fsp3) is 0.435. The van der Waals surface area contributed by atoms with Crippen LogP contribution in [0.4, 0.5) is 17.6 Å². The Balaban J connectivity index is 1.57. The molecule has 0 N–H and O–H groups in total. The molecule has 2 saturated heterocycles. The van der Waals surface area contributed by atoms with Crippen LogP contribution < -0.4 is 0 Å². The smallest absolute Gasteiger partial charge is 0.294 e. The molecule has 2 nitrogen and oxygen atoms in total. The zero-order valence-corrected chi connectivity index (χ0v) is 16.0. The third-order valence-electron chi connectivity index (χ3n) is 6.27. The highest BCUT2D eigenvalue weighted by molar-refractivity contribution is 5.99. The van der Waals surface area contributed by atoms with Gasteiger partial charge in [-0.25, -0.2) is 4.39 Å². The molecule has 29 heavy (non-hydrogen) atoms. The molecule has 0 amide bonds. The van der Waals surface area contributed by atoms with Gasteiger partial charge in [0.2, 0.25) is 0 Å². The van der Waals surface area contributed by atoms with Gasteiger partial charge in [0.1, 0.15) is 11.4 Å². The first kappa shape index (κ1) is 20.1. The van der Waals surface area contributed by atoms with Gasteiger partial charge in [-0.05, 0) is 37.3 Å². The summed E-state index contributed by atoms with van der Waals surface area (Å²) in [7, 11) is 0.